The zero-order valence-corrected chi connectivity index (χ0v) is 16.8. The number of amides is 1. The molecule has 1 heterocycles. The van der Waals surface area contributed by atoms with Crippen LogP contribution in [0.25, 0.3) is 0 Å². The number of carbonyl (C=O) groups excluding carboxylic acids is 1. The molecule has 1 fully saturated rings. The van der Waals surface area contributed by atoms with E-state index in [9.17, 15) is 4.79 Å². The fraction of sp³-hybridized carbons (Fsp3) is 0.278. The molecule has 1 aliphatic rings. The van der Waals surface area contributed by atoms with Crippen LogP contribution < -0.4 is 10.2 Å². The molecule has 2 aromatic rings. The number of halogens is 4. The van der Waals surface area contributed by atoms with E-state index in [4.69, 9.17) is 46.4 Å². The number of hydrogen-bond acceptors (Lipinski definition) is 3. The number of hydrogen-bond donors (Lipinski definition) is 1. The number of benzene rings is 2. The van der Waals surface area contributed by atoms with E-state index in [1.54, 1.807) is 12.1 Å². The van der Waals surface area contributed by atoms with Crippen LogP contribution in [-0.4, -0.2) is 43.5 Å². The zero-order chi connectivity index (χ0) is 18.7. The first-order chi connectivity index (χ1) is 12.4. The third-order valence-electron chi connectivity index (χ3n) is 4.18. The topological polar surface area (TPSA) is 35.6 Å². The Kier molecular flexibility index (Phi) is 6.54. The fourth-order valence-electron chi connectivity index (χ4n) is 2.88. The van der Waals surface area contributed by atoms with E-state index in [0.717, 1.165) is 36.9 Å². The van der Waals surface area contributed by atoms with Gasteiger partial charge in [-0.3, -0.25) is 9.69 Å². The minimum absolute atomic E-state index is 0.160. The van der Waals surface area contributed by atoms with Crippen LogP contribution in [0.4, 0.5) is 11.4 Å². The number of nitrogens with one attached hydrogen (secondary N) is 1. The zero-order valence-electron chi connectivity index (χ0n) is 13.8. The molecular formula is C18H17Cl4N3O. The van der Waals surface area contributed by atoms with E-state index >= 15 is 0 Å². The number of nitrogens with zero attached hydrogens (tertiary/aromatic N) is 2. The number of piperazine rings is 1. The van der Waals surface area contributed by atoms with Crippen molar-refractivity contribution in [1.29, 1.82) is 0 Å². The number of anilines is 2. The molecule has 2 aromatic carbocycles. The second kappa shape index (κ2) is 8.68. The summed E-state index contributed by atoms with van der Waals surface area (Å²) in [6.07, 6.45) is 0. The van der Waals surface area contributed by atoms with Gasteiger partial charge in [0, 0.05) is 41.9 Å². The predicted molar refractivity (Wildman–Crippen MR) is 110 cm³/mol. The van der Waals surface area contributed by atoms with Crippen molar-refractivity contribution in [2.75, 3.05) is 42.9 Å². The summed E-state index contributed by atoms with van der Waals surface area (Å²) >= 11 is 24.2. The van der Waals surface area contributed by atoms with Crippen molar-refractivity contribution in [3.05, 3.63) is 56.5 Å². The van der Waals surface area contributed by atoms with Crippen molar-refractivity contribution in [3.8, 4) is 0 Å². The summed E-state index contributed by atoms with van der Waals surface area (Å²) in [5.41, 5.74) is 1.49. The summed E-state index contributed by atoms with van der Waals surface area (Å²) in [6.45, 7) is 3.49. The van der Waals surface area contributed by atoms with Gasteiger partial charge in [0.05, 0.1) is 22.3 Å². The van der Waals surface area contributed by atoms with Crippen molar-refractivity contribution in [3.63, 3.8) is 0 Å². The molecule has 0 spiro atoms. The Balaban J connectivity index is 1.54. The molecule has 0 aromatic heterocycles. The second-order valence-corrected chi connectivity index (χ2v) is 7.72. The fourth-order valence-corrected chi connectivity index (χ4v) is 3.98. The standard InChI is InChI=1S/C18H17Cl4N3O/c19-12-2-1-3-14(8-12)25-6-4-24(5-7-25)11-17(26)23-18-15(21)9-13(20)10-16(18)22/h1-3,8-10H,4-7,11H2,(H,23,26). The van der Waals surface area contributed by atoms with Crippen molar-refractivity contribution >= 4 is 63.7 Å². The largest absolute Gasteiger partial charge is 0.369 e. The van der Waals surface area contributed by atoms with Crippen molar-refractivity contribution in [2.45, 2.75) is 0 Å². The minimum atomic E-state index is -0.160. The van der Waals surface area contributed by atoms with Crippen molar-refractivity contribution < 1.29 is 4.79 Å². The van der Waals surface area contributed by atoms with E-state index in [-0.39, 0.29) is 12.5 Å². The Hall–Kier alpha value is -1.17. The summed E-state index contributed by atoms with van der Waals surface area (Å²) < 4.78 is 0. The highest BCUT2D eigenvalue weighted by atomic mass is 35.5. The normalized spacial score (nSPS) is 15.2. The molecule has 1 saturated heterocycles. The molecule has 0 atom stereocenters. The lowest BCUT2D eigenvalue weighted by molar-refractivity contribution is -0.117. The Morgan fingerprint density at radius 3 is 2.19 bits per heavy atom. The third-order valence-corrected chi connectivity index (χ3v) is 5.23. The van der Waals surface area contributed by atoms with Gasteiger partial charge in [0.15, 0.2) is 0 Å². The van der Waals surface area contributed by atoms with Gasteiger partial charge in [-0.1, -0.05) is 52.5 Å². The van der Waals surface area contributed by atoms with Gasteiger partial charge in [-0.25, -0.2) is 0 Å². The Morgan fingerprint density at radius 1 is 0.923 bits per heavy atom. The Bertz CT molecular complexity index is 784. The molecule has 0 unspecified atom stereocenters. The maximum atomic E-state index is 12.3. The van der Waals surface area contributed by atoms with Crippen LogP contribution in [0.3, 0.4) is 0 Å². The summed E-state index contributed by atoms with van der Waals surface area (Å²) in [5.74, 6) is -0.160. The first kappa shape index (κ1) is 19.6. The van der Waals surface area contributed by atoms with Crippen LogP contribution >= 0.6 is 46.4 Å². The highest BCUT2D eigenvalue weighted by Crippen LogP contribution is 2.33. The SMILES string of the molecule is O=C(CN1CCN(c2cccc(Cl)c2)CC1)Nc1c(Cl)cc(Cl)cc1Cl. The van der Waals surface area contributed by atoms with E-state index in [2.05, 4.69) is 15.1 Å². The predicted octanol–water partition coefficient (Wildman–Crippen LogP) is 5.06. The van der Waals surface area contributed by atoms with Crippen LogP contribution in [0.2, 0.25) is 20.1 Å². The molecule has 26 heavy (non-hydrogen) atoms. The van der Waals surface area contributed by atoms with Gasteiger partial charge in [-0.15, -0.1) is 0 Å². The number of rotatable bonds is 4. The maximum Gasteiger partial charge on any atom is 0.238 e. The monoisotopic (exact) mass is 431 g/mol. The molecule has 0 saturated carbocycles. The lowest BCUT2D eigenvalue weighted by atomic mass is 10.2. The van der Waals surface area contributed by atoms with Gasteiger partial charge < -0.3 is 10.2 Å². The van der Waals surface area contributed by atoms with Crippen LogP contribution in [0, 0.1) is 0 Å². The molecule has 0 bridgehead atoms. The first-order valence-corrected chi connectivity index (χ1v) is 9.61. The van der Waals surface area contributed by atoms with E-state index in [1.807, 2.05) is 24.3 Å². The molecule has 1 amide bonds. The van der Waals surface area contributed by atoms with E-state index in [0.29, 0.717) is 20.8 Å². The van der Waals surface area contributed by atoms with E-state index < -0.39 is 0 Å². The highest BCUT2D eigenvalue weighted by Gasteiger charge is 2.20. The average molecular weight is 433 g/mol. The maximum absolute atomic E-state index is 12.3. The second-order valence-electron chi connectivity index (χ2n) is 6.04. The molecule has 0 radical (unpaired) electrons. The molecule has 8 heteroatoms. The Labute approximate surface area is 172 Å². The minimum Gasteiger partial charge on any atom is -0.369 e. The van der Waals surface area contributed by atoms with Crippen LogP contribution in [0.5, 0.6) is 0 Å². The third kappa shape index (κ3) is 4.96. The van der Waals surface area contributed by atoms with Gasteiger partial charge in [0.2, 0.25) is 5.91 Å². The number of carbonyl (C=O) groups is 1. The quantitative estimate of drug-likeness (QED) is 0.733. The van der Waals surface area contributed by atoms with Gasteiger partial charge in [0.25, 0.3) is 0 Å². The lowest BCUT2D eigenvalue weighted by Gasteiger charge is -2.35. The highest BCUT2D eigenvalue weighted by molar-refractivity contribution is 6.42. The molecule has 1 N–H and O–H groups in total. The molecule has 0 aliphatic carbocycles. The molecule has 1 aliphatic heterocycles. The molecular weight excluding hydrogens is 416 g/mol. The van der Waals surface area contributed by atoms with E-state index in [1.165, 1.54) is 0 Å². The smallest absolute Gasteiger partial charge is 0.238 e. The molecule has 4 nitrogen and oxygen atoms in total. The summed E-state index contributed by atoms with van der Waals surface area (Å²) in [6, 6.07) is 10.9. The van der Waals surface area contributed by atoms with Crippen LogP contribution in [0.1, 0.15) is 0 Å². The van der Waals surface area contributed by atoms with Gasteiger partial charge in [-0.05, 0) is 30.3 Å². The van der Waals surface area contributed by atoms with Gasteiger partial charge in [0.1, 0.15) is 0 Å². The summed E-state index contributed by atoms with van der Waals surface area (Å²) in [4.78, 5) is 16.7. The lowest BCUT2D eigenvalue weighted by Crippen LogP contribution is -2.48. The summed E-state index contributed by atoms with van der Waals surface area (Å²) in [5, 5.41) is 4.56. The molecule has 3 rings (SSSR count). The molecule has 138 valence electrons. The summed E-state index contributed by atoms with van der Waals surface area (Å²) in [7, 11) is 0. The average Bonchev–Trinajstić information content (AvgIpc) is 2.59. The van der Waals surface area contributed by atoms with Gasteiger partial charge in [-0.2, -0.15) is 0 Å². The first-order valence-electron chi connectivity index (χ1n) is 8.09. The van der Waals surface area contributed by atoms with Crippen molar-refractivity contribution in [1.82, 2.24) is 4.90 Å². The van der Waals surface area contributed by atoms with Crippen LogP contribution in [0.15, 0.2) is 36.4 Å². The Morgan fingerprint density at radius 2 is 1.58 bits per heavy atom. The van der Waals surface area contributed by atoms with Crippen molar-refractivity contribution in [2.24, 2.45) is 0 Å². The van der Waals surface area contributed by atoms with Crippen LogP contribution in [-0.2, 0) is 4.79 Å². The van der Waals surface area contributed by atoms with Gasteiger partial charge >= 0.3 is 0 Å².